The van der Waals surface area contributed by atoms with E-state index in [0.29, 0.717) is 6.42 Å². The zero-order valence-electron chi connectivity index (χ0n) is 12.3. The van der Waals surface area contributed by atoms with E-state index in [-0.39, 0.29) is 24.7 Å². The molecular weight excluding hydrogens is 292 g/mol. The SMILES string of the molecule is CC(C)C[C@H](N)C(=O)N[C@@H](Cc1ccccc1)C(=O)O.Cl. The molecule has 5 nitrogen and oxygen atoms in total. The maximum absolute atomic E-state index is 11.9. The van der Waals surface area contributed by atoms with Gasteiger partial charge in [0.2, 0.25) is 5.91 Å². The second-order valence-corrected chi connectivity index (χ2v) is 5.33. The van der Waals surface area contributed by atoms with Crippen LogP contribution in [-0.2, 0) is 16.0 Å². The molecule has 0 aliphatic heterocycles. The Balaban J connectivity index is 0.00000400. The number of hydrogen-bond donors (Lipinski definition) is 3. The first-order valence-corrected chi connectivity index (χ1v) is 6.72. The van der Waals surface area contributed by atoms with Gasteiger partial charge < -0.3 is 16.2 Å². The van der Waals surface area contributed by atoms with Gasteiger partial charge in [-0.3, -0.25) is 4.79 Å². The van der Waals surface area contributed by atoms with Crippen LogP contribution in [0.15, 0.2) is 30.3 Å². The van der Waals surface area contributed by atoms with Gasteiger partial charge >= 0.3 is 5.97 Å². The van der Waals surface area contributed by atoms with E-state index >= 15 is 0 Å². The molecule has 0 fully saturated rings. The van der Waals surface area contributed by atoms with E-state index in [4.69, 9.17) is 5.73 Å². The van der Waals surface area contributed by atoms with E-state index in [1.807, 2.05) is 44.2 Å². The van der Waals surface area contributed by atoms with Gasteiger partial charge in [0, 0.05) is 6.42 Å². The molecule has 2 atom stereocenters. The highest BCUT2D eigenvalue weighted by Gasteiger charge is 2.23. The van der Waals surface area contributed by atoms with Crippen LogP contribution in [0.25, 0.3) is 0 Å². The Labute approximate surface area is 131 Å². The van der Waals surface area contributed by atoms with Gasteiger partial charge in [0.05, 0.1) is 6.04 Å². The molecule has 1 amide bonds. The summed E-state index contributed by atoms with van der Waals surface area (Å²) in [7, 11) is 0. The third-order valence-electron chi connectivity index (χ3n) is 2.96. The van der Waals surface area contributed by atoms with Gasteiger partial charge in [-0.05, 0) is 17.9 Å². The standard InChI is InChI=1S/C15H22N2O3.ClH/c1-10(2)8-12(16)14(18)17-13(15(19)20)9-11-6-4-3-5-7-11;/h3-7,10,12-13H,8-9,16H2,1-2H3,(H,17,18)(H,19,20);1H/t12-,13-;/m0./s1. The first-order valence-electron chi connectivity index (χ1n) is 6.72. The Kier molecular flexibility index (Phi) is 8.66. The van der Waals surface area contributed by atoms with E-state index in [9.17, 15) is 14.7 Å². The number of carbonyl (C=O) groups excluding carboxylic acids is 1. The number of carboxylic acid groups (broad SMARTS) is 1. The molecule has 0 unspecified atom stereocenters. The van der Waals surface area contributed by atoms with Gasteiger partial charge in [-0.25, -0.2) is 4.79 Å². The monoisotopic (exact) mass is 314 g/mol. The molecule has 0 saturated heterocycles. The maximum atomic E-state index is 11.9. The van der Waals surface area contributed by atoms with Crippen molar-refractivity contribution in [3.8, 4) is 0 Å². The lowest BCUT2D eigenvalue weighted by molar-refractivity contribution is -0.142. The number of hydrogen-bond acceptors (Lipinski definition) is 3. The van der Waals surface area contributed by atoms with Crippen molar-refractivity contribution in [1.29, 1.82) is 0 Å². The van der Waals surface area contributed by atoms with Crippen molar-refractivity contribution in [2.45, 2.75) is 38.8 Å². The Morgan fingerprint density at radius 2 is 1.81 bits per heavy atom. The van der Waals surface area contributed by atoms with Gasteiger partial charge in [0.25, 0.3) is 0 Å². The van der Waals surface area contributed by atoms with Gasteiger partial charge in [0.15, 0.2) is 0 Å². The van der Waals surface area contributed by atoms with E-state index in [0.717, 1.165) is 5.56 Å². The molecule has 0 aliphatic rings. The van der Waals surface area contributed by atoms with E-state index in [1.165, 1.54) is 0 Å². The highest BCUT2D eigenvalue weighted by molar-refractivity contribution is 5.87. The fraction of sp³-hybridized carbons (Fsp3) is 0.467. The smallest absolute Gasteiger partial charge is 0.326 e. The largest absolute Gasteiger partial charge is 0.480 e. The Morgan fingerprint density at radius 3 is 2.29 bits per heavy atom. The van der Waals surface area contributed by atoms with Crippen molar-refractivity contribution in [3.63, 3.8) is 0 Å². The van der Waals surface area contributed by atoms with Crippen LogP contribution in [0.3, 0.4) is 0 Å². The normalized spacial score (nSPS) is 13.1. The zero-order chi connectivity index (χ0) is 15.1. The first kappa shape index (κ1) is 19.4. The average molecular weight is 315 g/mol. The predicted octanol–water partition coefficient (Wildman–Crippen LogP) is 1.59. The van der Waals surface area contributed by atoms with Gasteiger partial charge in [-0.1, -0.05) is 44.2 Å². The number of nitrogens with two attached hydrogens (primary N) is 1. The lowest BCUT2D eigenvalue weighted by Gasteiger charge is -2.19. The summed E-state index contributed by atoms with van der Waals surface area (Å²) in [6.45, 7) is 3.93. The molecule has 1 aromatic rings. The fourth-order valence-electron chi connectivity index (χ4n) is 1.94. The van der Waals surface area contributed by atoms with Crippen LogP contribution in [-0.4, -0.2) is 29.1 Å². The lowest BCUT2D eigenvalue weighted by Crippen LogP contribution is -2.49. The summed E-state index contributed by atoms with van der Waals surface area (Å²) in [5.74, 6) is -1.19. The van der Waals surface area contributed by atoms with Gasteiger partial charge in [-0.2, -0.15) is 0 Å². The van der Waals surface area contributed by atoms with E-state index in [1.54, 1.807) is 0 Å². The van der Waals surface area contributed by atoms with E-state index in [2.05, 4.69) is 5.32 Å². The van der Waals surface area contributed by atoms with Crippen LogP contribution < -0.4 is 11.1 Å². The minimum atomic E-state index is -1.06. The van der Waals surface area contributed by atoms with Gasteiger partial charge in [0.1, 0.15) is 6.04 Å². The van der Waals surface area contributed by atoms with Gasteiger partial charge in [-0.15, -0.1) is 12.4 Å². The van der Waals surface area contributed by atoms with Crippen LogP contribution in [0.2, 0.25) is 0 Å². The minimum absolute atomic E-state index is 0. The molecule has 0 spiro atoms. The Hall–Kier alpha value is -1.59. The molecule has 6 heteroatoms. The zero-order valence-corrected chi connectivity index (χ0v) is 13.1. The molecule has 0 radical (unpaired) electrons. The summed E-state index contributed by atoms with van der Waals surface area (Å²) < 4.78 is 0. The number of carboxylic acids is 1. The molecular formula is C15H23ClN2O3. The number of halogens is 1. The molecule has 21 heavy (non-hydrogen) atoms. The number of nitrogens with one attached hydrogen (secondary N) is 1. The van der Waals surface area contributed by atoms with Crippen LogP contribution in [0, 0.1) is 5.92 Å². The lowest BCUT2D eigenvalue weighted by atomic mass is 10.0. The van der Waals surface area contributed by atoms with Crippen molar-refractivity contribution in [1.82, 2.24) is 5.32 Å². The third kappa shape index (κ3) is 7.11. The van der Waals surface area contributed by atoms with Crippen molar-refractivity contribution >= 4 is 24.3 Å². The number of amides is 1. The summed E-state index contributed by atoms with van der Waals surface area (Å²) in [4.78, 5) is 23.1. The summed E-state index contributed by atoms with van der Waals surface area (Å²) in [6, 6.07) is 7.56. The Bertz CT molecular complexity index is 451. The molecule has 0 aromatic heterocycles. The van der Waals surface area contributed by atoms with Crippen molar-refractivity contribution in [3.05, 3.63) is 35.9 Å². The minimum Gasteiger partial charge on any atom is -0.480 e. The summed E-state index contributed by atoms with van der Waals surface area (Å²) >= 11 is 0. The number of aliphatic carboxylic acids is 1. The quantitative estimate of drug-likeness (QED) is 0.712. The predicted molar refractivity (Wildman–Crippen MR) is 84.4 cm³/mol. The molecule has 0 heterocycles. The maximum Gasteiger partial charge on any atom is 0.326 e. The van der Waals surface area contributed by atoms with Crippen molar-refractivity contribution in [2.24, 2.45) is 11.7 Å². The molecule has 1 aromatic carbocycles. The van der Waals surface area contributed by atoms with Crippen LogP contribution in [0.4, 0.5) is 0 Å². The van der Waals surface area contributed by atoms with Crippen molar-refractivity contribution < 1.29 is 14.7 Å². The topological polar surface area (TPSA) is 92.4 Å². The third-order valence-corrected chi connectivity index (χ3v) is 2.96. The second-order valence-electron chi connectivity index (χ2n) is 5.33. The summed E-state index contributed by atoms with van der Waals surface area (Å²) in [5, 5.41) is 11.7. The van der Waals surface area contributed by atoms with Crippen LogP contribution in [0.1, 0.15) is 25.8 Å². The number of carbonyl (C=O) groups is 2. The first-order chi connectivity index (χ1) is 9.40. The summed E-state index contributed by atoms with van der Waals surface area (Å²) in [6.07, 6.45) is 0.778. The summed E-state index contributed by atoms with van der Waals surface area (Å²) in [5.41, 5.74) is 6.61. The number of rotatable bonds is 7. The molecule has 0 saturated carbocycles. The average Bonchev–Trinajstić information content (AvgIpc) is 2.38. The molecule has 4 N–H and O–H groups in total. The van der Waals surface area contributed by atoms with Crippen LogP contribution >= 0.6 is 12.4 Å². The molecule has 118 valence electrons. The second kappa shape index (κ2) is 9.37. The van der Waals surface area contributed by atoms with Crippen molar-refractivity contribution in [2.75, 3.05) is 0 Å². The number of benzene rings is 1. The van der Waals surface area contributed by atoms with E-state index < -0.39 is 24.0 Å². The highest BCUT2D eigenvalue weighted by Crippen LogP contribution is 2.06. The molecule has 0 bridgehead atoms. The fourth-order valence-corrected chi connectivity index (χ4v) is 1.94. The Morgan fingerprint density at radius 1 is 1.24 bits per heavy atom. The van der Waals surface area contributed by atoms with Crippen LogP contribution in [0.5, 0.6) is 0 Å². The molecule has 0 aliphatic carbocycles. The highest BCUT2D eigenvalue weighted by atomic mass is 35.5. The molecule has 1 rings (SSSR count).